The van der Waals surface area contributed by atoms with Gasteiger partial charge in [0.05, 0.1) is 6.26 Å². The van der Waals surface area contributed by atoms with Crippen molar-refractivity contribution >= 4 is 16.3 Å². The Morgan fingerprint density at radius 3 is 2.36 bits per heavy atom. The lowest BCUT2D eigenvalue weighted by atomic mass is 9.82. The molecule has 0 bridgehead atoms. The predicted molar refractivity (Wildman–Crippen MR) is 40.6 cm³/mol. The fourth-order valence-electron chi connectivity index (χ4n) is 1.17. The summed E-state index contributed by atoms with van der Waals surface area (Å²) in [6.45, 7) is 0. The van der Waals surface area contributed by atoms with E-state index in [1.54, 1.807) is 0 Å². The van der Waals surface area contributed by atoms with E-state index < -0.39 is 10.0 Å². The molecule has 0 atom stereocenters. The standard InChI is InChI=1S/C6H11NO3S/c1-11(9,10)7-6-2-5(3-6)4-8/h4-7H,2-3H2,1H3. The highest BCUT2D eigenvalue weighted by molar-refractivity contribution is 7.88. The molecular formula is C6H11NO3S. The number of carbonyl (C=O) groups excluding carboxylic acids is 1. The minimum atomic E-state index is -3.08. The van der Waals surface area contributed by atoms with Crippen LogP contribution in [0.5, 0.6) is 0 Å². The summed E-state index contributed by atoms with van der Waals surface area (Å²) in [5, 5.41) is 0. The average molecular weight is 177 g/mol. The summed E-state index contributed by atoms with van der Waals surface area (Å²) < 4.78 is 23.7. The fraction of sp³-hybridized carbons (Fsp3) is 0.833. The van der Waals surface area contributed by atoms with Gasteiger partial charge >= 0.3 is 0 Å². The van der Waals surface area contributed by atoms with Gasteiger partial charge in [0.15, 0.2) is 0 Å². The highest BCUT2D eigenvalue weighted by Crippen LogP contribution is 2.25. The van der Waals surface area contributed by atoms with Gasteiger partial charge in [-0.3, -0.25) is 0 Å². The van der Waals surface area contributed by atoms with Crippen molar-refractivity contribution in [1.82, 2.24) is 4.72 Å². The van der Waals surface area contributed by atoms with Crippen LogP contribution >= 0.6 is 0 Å². The minimum Gasteiger partial charge on any atom is -0.303 e. The van der Waals surface area contributed by atoms with Crippen LogP contribution in [0.25, 0.3) is 0 Å². The van der Waals surface area contributed by atoms with Crippen LogP contribution in [0.2, 0.25) is 0 Å². The molecule has 0 aliphatic heterocycles. The molecule has 1 fully saturated rings. The van der Waals surface area contributed by atoms with Crippen LogP contribution < -0.4 is 4.72 Å². The molecule has 1 aliphatic carbocycles. The van der Waals surface area contributed by atoms with Crippen molar-refractivity contribution in [3.8, 4) is 0 Å². The summed E-state index contributed by atoms with van der Waals surface area (Å²) >= 11 is 0. The molecular weight excluding hydrogens is 166 g/mol. The van der Waals surface area contributed by atoms with E-state index in [0.29, 0.717) is 12.8 Å². The smallest absolute Gasteiger partial charge is 0.208 e. The molecule has 0 radical (unpaired) electrons. The molecule has 0 heterocycles. The van der Waals surface area contributed by atoms with Crippen molar-refractivity contribution in [1.29, 1.82) is 0 Å². The summed E-state index contributed by atoms with van der Waals surface area (Å²) in [6.07, 6.45) is 3.30. The van der Waals surface area contributed by atoms with E-state index in [4.69, 9.17) is 0 Å². The first-order chi connectivity index (χ1) is 5.01. The van der Waals surface area contributed by atoms with E-state index in [9.17, 15) is 13.2 Å². The van der Waals surface area contributed by atoms with E-state index in [0.717, 1.165) is 12.5 Å². The Morgan fingerprint density at radius 1 is 1.45 bits per heavy atom. The number of rotatable bonds is 3. The molecule has 0 aromatic carbocycles. The van der Waals surface area contributed by atoms with Crippen molar-refractivity contribution in [2.75, 3.05) is 6.26 Å². The first-order valence-electron chi connectivity index (χ1n) is 3.44. The van der Waals surface area contributed by atoms with Crippen LogP contribution in [-0.2, 0) is 14.8 Å². The molecule has 1 rings (SSSR count). The monoisotopic (exact) mass is 177 g/mol. The zero-order chi connectivity index (χ0) is 8.48. The number of aldehydes is 1. The highest BCUT2D eigenvalue weighted by Gasteiger charge is 2.30. The summed E-state index contributed by atoms with van der Waals surface area (Å²) in [6, 6.07) is -0.0137. The first-order valence-corrected chi connectivity index (χ1v) is 5.33. The molecule has 1 aliphatic rings. The lowest BCUT2D eigenvalue weighted by Crippen LogP contribution is -2.44. The van der Waals surface area contributed by atoms with Gasteiger partial charge in [-0.25, -0.2) is 13.1 Å². The molecule has 1 N–H and O–H groups in total. The van der Waals surface area contributed by atoms with Crippen molar-refractivity contribution in [2.45, 2.75) is 18.9 Å². The zero-order valence-corrected chi connectivity index (χ0v) is 7.10. The van der Waals surface area contributed by atoms with Gasteiger partial charge in [-0.05, 0) is 12.8 Å². The summed E-state index contributed by atoms with van der Waals surface area (Å²) in [4.78, 5) is 10.1. The van der Waals surface area contributed by atoms with Crippen LogP contribution in [-0.4, -0.2) is 27.0 Å². The molecule has 0 unspecified atom stereocenters. The van der Waals surface area contributed by atoms with Gasteiger partial charge in [0.1, 0.15) is 6.29 Å². The molecule has 0 aromatic heterocycles. The molecule has 0 aromatic rings. The Bertz CT molecular complexity index is 241. The van der Waals surface area contributed by atoms with Crippen LogP contribution in [0.15, 0.2) is 0 Å². The Balaban J connectivity index is 2.29. The van der Waals surface area contributed by atoms with Gasteiger partial charge in [0.25, 0.3) is 0 Å². The van der Waals surface area contributed by atoms with E-state index >= 15 is 0 Å². The SMILES string of the molecule is CS(=O)(=O)NC1CC(C=O)C1. The molecule has 0 saturated heterocycles. The van der Waals surface area contributed by atoms with E-state index in [1.165, 1.54) is 0 Å². The van der Waals surface area contributed by atoms with Crippen molar-refractivity contribution in [3.63, 3.8) is 0 Å². The van der Waals surface area contributed by atoms with Crippen LogP contribution in [0.4, 0.5) is 0 Å². The third-order valence-electron chi connectivity index (χ3n) is 1.75. The van der Waals surface area contributed by atoms with Gasteiger partial charge < -0.3 is 4.79 Å². The maximum absolute atomic E-state index is 10.6. The van der Waals surface area contributed by atoms with E-state index in [-0.39, 0.29) is 12.0 Å². The molecule has 0 spiro atoms. The molecule has 1 saturated carbocycles. The zero-order valence-electron chi connectivity index (χ0n) is 6.28. The molecule has 5 heteroatoms. The second-order valence-corrected chi connectivity index (χ2v) is 4.73. The van der Waals surface area contributed by atoms with Crippen LogP contribution in [0.3, 0.4) is 0 Å². The number of hydrogen-bond acceptors (Lipinski definition) is 3. The first kappa shape index (κ1) is 8.67. The molecule has 4 nitrogen and oxygen atoms in total. The summed E-state index contributed by atoms with van der Waals surface area (Å²) in [5.41, 5.74) is 0. The summed E-state index contributed by atoms with van der Waals surface area (Å²) in [7, 11) is -3.08. The molecule has 64 valence electrons. The topological polar surface area (TPSA) is 63.2 Å². The average Bonchev–Trinajstić information content (AvgIpc) is 1.75. The minimum absolute atomic E-state index is 0.0137. The van der Waals surface area contributed by atoms with E-state index in [2.05, 4.69) is 4.72 Å². The number of hydrogen-bond donors (Lipinski definition) is 1. The maximum Gasteiger partial charge on any atom is 0.208 e. The Morgan fingerprint density at radius 2 is 2.00 bits per heavy atom. The van der Waals surface area contributed by atoms with Crippen molar-refractivity contribution < 1.29 is 13.2 Å². The lowest BCUT2D eigenvalue weighted by Gasteiger charge is -2.31. The Kier molecular flexibility index (Phi) is 2.29. The number of nitrogens with one attached hydrogen (secondary N) is 1. The lowest BCUT2D eigenvalue weighted by molar-refractivity contribution is -0.113. The summed E-state index contributed by atoms with van der Waals surface area (Å²) in [5.74, 6) is 0.0641. The highest BCUT2D eigenvalue weighted by atomic mass is 32.2. The Labute approximate surface area is 66.0 Å². The maximum atomic E-state index is 10.6. The van der Waals surface area contributed by atoms with E-state index in [1.807, 2.05) is 0 Å². The second kappa shape index (κ2) is 2.91. The molecule has 0 amide bonds. The second-order valence-electron chi connectivity index (χ2n) is 2.95. The normalized spacial score (nSPS) is 31.0. The third-order valence-corrected chi connectivity index (χ3v) is 2.51. The van der Waals surface area contributed by atoms with Crippen molar-refractivity contribution in [2.24, 2.45) is 5.92 Å². The van der Waals surface area contributed by atoms with Gasteiger partial charge in [0, 0.05) is 12.0 Å². The fourth-order valence-corrected chi connectivity index (χ4v) is 1.97. The quantitative estimate of drug-likeness (QED) is 0.592. The van der Waals surface area contributed by atoms with Gasteiger partial charge in [-0.15, -0.1) is 0 Å². The van der Waals surface area contributed by atoms with Gasteiger partial charge in [0.2, 0.25) is 10.0 Å². The third kappa shape index (κ3) is 2.59. The number of carbonyl (C=O) groups is 1. The molecule has 11 heavy (non-hydrogen) atoms. The Hall–Kier alpha value is -0.420. The van der Waals surface area contributed by atoms with Crippen molar-refractivity contribution in [3.05, 3.63) is 0 Å². The van der Waals surface area contributed by atoms with Gasteiger partial charge in [-0.1, -0.05) is 0 Å². The van der Waals surface area contributed by atoms with Gasteiger partial charge in [-0.2, -0.15) is 0 Å². The largest absolute Gasteiger partial charge is 0.303 e. The van der Waals surface area contributed by atoms with Crippen LogP contribution in [0.1, 0.15) is 12.8 Å². The number of sulfonamides is 1. The van der Waals surface area contributed by atoms with Crippen LogP contribution in [0, 0.1) is 5.92 Å². The predicted octanol–water partition coefficient (Wildman–Crippen LogP) is -0.487.